The largest absolute Gasteiger partial charge is 0.435 e. The molecule has 0 atom stereocenters. The molecular weight excluding hydrogens is 232 g/mol. The summed E-state index contributed by atoms with van der Waals surface area (Å²) >= 11 is 0. The predicted octanol–water partition coefficient (Wildman–Crippen LogP) is 2.59. The Balaban J connectivity index is 2.37. The Hall–Kier alpha value is -1.39. The summed E-state index contributed by atoms with van der Waals surface area (Å²) in [4.78, 5) is 11.6. The molecule has 0 aromatic heterocycles. The normalized spacial score (nSPS) is 10.7. The first kappa shape index (κ1) is 14.7. The van der Waals surface area contributed by atoms with Crippen molar-refractivity contribution in [3.63, 3.8) is 0 Å². The van der Waals surface area contributed by atoms with Crippen LogP contribution in [0.4, 0.5) is 0 Å². The summed E-state index contributed by atoms with van der Waals surface area (Å²) in [6.45, 7) is 5.07. The van der Waals surface area contributed by atoms with Crippen molar-refractivity contribution in [3.8, 4) is 0 Å². The van der Waals surface area contributed by atoms with Gasteiger partial charge in [0.05, 0.1) is 18.8 Å². The van der Waals surface area contributed by atoms with Crippen molar-refractivity contribution in [2.75, 3.05) is 27.1 Å². The molecule has 0 aliphatic heterocycles. The van der Waals surface area contributed by atoms with Crippen LogP contribution in [-0.2, 0) is 14.2 Å². The van der Waals surface area contributed by atoms with Crippen molar-refractivity contribution >= 4 is 5.97 Å². The van der Waals surface area contributed by atoms with Gasteiger partial charge in [-0.25, -0.2) is 4.79 Å². The van der Waals surface area contributed by atoms with Crippen LogP contribution in [0.1, 0.15) is 35.7 Å². The molecule has 0 amide bonds. The van der Waals surface area contributed by atoms with Crippen molar-refractivity contribution in [1.29, 1.82) is 0 Å². The van der Waals surface area contributed by atoms with Gasteiger partial charge < -0.3 is 14.2 Å². The Bertz CT molecular complexity index is 357. The van der Waals surface area contributed by atoms with Crippen LogP contribution < -0.4 is 0 Å². The van der Waals surface area contributed by atoms with Gasteiger partial charge >= 0.3 is 5.97 Å². The molecule has 0 fully saturated rings. The van der Waals surface area contributed by atoms with Crippen molar-refractivity contribution in [2.24, 2.45) is 0 Å². The zero-order valence-corrected chi connectivity index (χ0v) is 11.1. The van der Waals surface area contributed by atoms with Crippen LogP contribution in [0, 0.1) is 0 Å². The Labute approximate surface area is 108 Å². The fraction of sp³-hybridized carbons (Fsp3) is 0.500. The van der Waals surface area contributed by atoms with E-state index in [0.29, 0.717) is 24.7 Å². The Morgan fingerprint density at radius 2 is 1.83 bits per heavy atom. The van der Waals surface area contributed by atoms with Gasteiger partial charge in [-0.2, -0.15) is 0 Å². The Kier molecular flexibility index (Phi) is 6.39. The van der Waals surface area contributed by atoms with E-state index in [4.69, 9.17) is 14.2 Å². The highest BCUT2D eigenvalue weighted by atomic mass is 16.7. The second kappa shape index (κ2) is 7.84. The molecule has 18 heavy (non-hydrogen) atoms. The molecule has 1 aromatic carbocycles. The van der Waals surface area contributed by atoms with Crippen LogP contribution in [0.2, 0.25) is 0 Å². The van der Waals surface area contributed by atoms with E-state index in [-0.39, 0.29) is 12.8 Å². The minimum Gasteiger partial charge on any atom is -0.435 e. The van der Waals surface area contributed by atoms with Gasteiger partial charge in [0.15, 0.2) is 6.79 Å². The molecule has 0 bridgehead atoms. The first-order valence-corrected chi connectivity index (χ1v) is 5.99. The van der Waals surface area contributed by atoms with Crippen LogP contribution >= 0.6 is 0 Å². The number of hydrogen-bond donors (Lipinski definition) is 0. The molecule has 0 aliphatic rings. The third-order valence-electron chi connectivity index (χ3n) is 2.52. The number of methoxy groups -OCH3 is 1. The van der Waals surface area contributed by atoms with Crippen LogP contribution in [0.25, 0.3) is 0 Å². The average molecular weight is 252 g/mol. The molecule has 0 saturated carbocycles. The first-order chi connectivity index (χ1) is 8.65. The van der Waals surface area contributed by atoms with Gasteiger partial charge in [0, 0.05) is 7.11 Å². The van der Waals surface area contributed by atoms with Crippen molar-refractivity contribution in [3.05, 3.63) is 35.4 Å². The summed E-state index contributed by atoms with van der Waals surface area (Å²) in [7, 11) is 1.59. The number of rotatable bonds is 7. The van der Waals surface area contributed by atoms with Crippen LogP contribution in [0.15, 0.2) is 24.3 Å². The summed E-state index contributed by atoms with van der Waals surface area (Å²) in [5.41, 5.74) is 1.73. The van der Waals surface area contributed by atoms with Gasteiger partial charge in [-0.15, -0.1) is 0 Å². The lowest BCUT2D eigenvalue weighted by Crippen LogP contribution is -2.11. The third kappa shape index (κ3) is 4.85. The van der Waals surface area contributed by atoms with E-state index < -0.39 is 0 Å². The van der Waals surface area contributed by atoms with Gasteiger partial charge in [-0.3, -0.25) is 0 Å². The fourth-order valence-corrected chi connectivity index (χ4v) is 1.38. The lowest BCUT2D eigenvalue weighted by Gasteiger charge is -2.08. The number of carbonyl (C=O) groups is 1. The zero-order valence-electron chi connectivity index (χ0n) is 11.1. The topological polar surface area (TPSA) is 44.8 Å². The minimum atomic E-state index is -0.372. The smallest absolute Gasteiger partial charge is 0.340 e. The number of benzene rings is 1. The highest BCUT2D eigenvalue weighted by molar-refractivity contribution is 5.89. The molecule has 0 aliphatic carbocycles. The average Bonchev–Trinajstić information content (AvgIpc) is 2.38. The molecule has 1 rings (SSSR count). The van der Waals surface area contributed by atoms with E-state index >= 15 is 0 Å². The number of esters is 1. The van der Waals surface area contributed by atoms with Gasteiger partial charge in [0.25, 0.3) is 0 Å². The van der Waals surface area contributed by atoms with E-state index in [1.54, 1.807) is 19.2 Å². The predicted molar refractivity (Wildman–Crippen MR) is 68.6 cm³/mol. The van der Waals surface area contributed by atoms with E-state index in [2.05, 4.69) is 13.8 Å². The number of ether oxygens (including phenoxy) is 3. The molecule has 0 radical (unpaired) electrons. The molecule has 0 spiro atoms. The molecule has 0 unspecified atom stereocenters. The lowest BCUT2D eigenvalue weighted by atomic mass is 10.0. The van der Waals surface area contributed by atoms with Gasteiger partial charge in [0.1, 0.15) is 0 Å². The Morgan fingerprint density at radius 3 is 2.39 bits per heavy atom. The lowest BCUT2D eigenvalue weighted by molar-refractivity contribution is -0.0435. The number of hydrogen-bond acceptors (Lipinski definition) is 4. The van der Waals surface area contributed by atoms with E-state index in [1.807, 2.05) is 12.1 Å². The van der Waals surface area contributed by atoms with E-state index in [1.165, 1.54) is 5.56 Å². The van der Waals surface area contributed by atoms with Crippen molar-refractivity contribution < 1.29 is 19.0 Å². The maximum Gasteiger partial charge on any atom is 0.340 e. The number of carbonyl (C=O) groups excluding carboxylic acids is 1. The second-order valence-corrected chi connectivity index (χ2v) is 4.23. The summed E-state index contributed by atoms with van der Waals surface area (Å²) < 4.78 is 14.8. The molecule has 100 valence electrons. The monoisotopic (exact) mass is 252 g/mol. The molecule has 0 heterocycles. The maximum atomic E-state index is 11.6. The van der Waals surface area contributed by atoms with Gasteiger partial charge in [-0.1, -0.05) is 26.0 Å². The summed E-state index contributed by atoms with van der Waals surface area (Å²) in [6.07, 6.45) is 0. The molecule has 0 N–H and O–H groups in total. The fourth-order valence-electron chi connectivity index (χ4n) is 1.38. The zero-order chi connectivity index (χ0) is 13.4. The Morgan fingerprint density at radius 1 is 1.17 bits per heavy atom. The second-order valence-electron chi connectivity index (χ2n) is 4.23. The van der Waals surface area contributed by atoms with Gasteiger partial charge in [-0.05, 0) is 23.6 Å². The summed E-state index contributed by atoms with van der Waals surface area (Å²) in [5.74, 6) is 0.0789. The molecule has 4 heteroatoms. The molecular formula is C14H20O4. The van der Waals surface area contributed by atoms with E-state index in [9.17, 15) is 4.79 Å². The van der Waals surface area contributed by atoms with E-state index in [0.717, 1.165) is 0 Å². The standard InChI is InChI=1S/C14H20O4/c1-11(2)12-4-6-13(7-5-12)14(15)18-10-17-9-8-16-3/h4-7,11H,8-10H2,1-3H3. The maximum absolute atomic E-state index is 11.6. The van der Waals surface area contributed by atoms with Crippen molar-refractivity contribution in [2.45, 2.75) is 19.8 Å². The van der Waals surface area contributed by atoms with Crippen LogP contribution in [0.5, 0.6) is 0 Å². The van der Waals surface area contributed by atoms with Crippen LogP contribution in [0.3, 0.4) is 0 Å². The minimum absolute atomic E-state index is 0.0475. The summed E-state index contributed by atoms with van der Waals surface area (Å²) in [6, 6.07) is 7.42. The van der Waals surface area contributed by atoms with Crippen LogP contribution in [-0.4, -0.2) is 33.1 Å². The molecule has 1 aromatic rings. The third-order valence-corrected chi connectivity index (χ3v) is 2.52. The highest BCUT2D eigenvalue weighted by Gasteiger charge is 2.07. The molecule has 0 saturated heterocycles. The van der Waals surface area contributed by atoms with Crippen molar-refractivity contribution in [1.82, 2.24) is 0 Å². The quantitative estimate of drug-likeness (QED) is 0.425. The van der Waals surface area contributed by atoms with Gasteiger partial charge in [0.2, 0.25) is 0 Å². The first-order valence-electron chi connectivity index (χ1n) is 5.99. The SMILES string of the molecule is COCCOCOC(=O)c1ccc(C(C)C)cc1. The molecule has 4 nitrogen and oxygen atoms in total. The summed E-state index contributed by atoms with van der Waals surface area (Å²) in [5, 5.41) is 0. The highest BCUT2D eigenvalue weighted by Crippen LogP contribution is 2.15.